The summed E-state index contributed by atoms with van der Waals surface area (Å²) < 4.78 is 2.15. The molecule has 1 saturated heterocycles. The number of nitrogens with two attached hydrogens (primary N) is 1. The first-order valence-corrected chi connectivity index (χ1v) is 14.1. The second-order valence-corrected chi connectivity index (χ2v) is 9.99. The number of hydrogen-bond donors (Lipinski definition) is 2. The molecule has 0 spiro atoms. The van der Waals surface area contributed by atoms with Crippen LogP contribution in [0.5, 0.6) is 0 Å². The largest absolute Gasteiger partial charge is 0.383 e. The van der Waals surface area contributed by atoms with E-state index in [0.717, 1.165) is 60.3 Å². The molecule has 1 aliphatic heterocycles. The van der Waals surface area contributed by atoms with Crippen molar-refractivity contribution in [2.75, 3.05) is 24.1 Å². The lowest BCUT2D eigenvalue weighted by molar-refractivity contribution is 0.211. The zero-order valence-electron chi connectivity index (χ0n) is 23.1. The number of benzene rings is 1. The first-order valence-electron chi connectivity index (χ1n) is 13.8. The minimum absolute atomic E-state index is 0.185. The summed E-state index contributed by atoms with van der Waals surface area (Å²) in [4.78, 5) is 19.2. The fraction of sp³-hybridized carbons (Fsp3) is 0.258. The number of nitrogens with one attached hydrogen (secondary N) is 1. The van der Waals surface area contributed by atoms with Crippen molar-refractivity contribution < 1.29 is 0 Å². The van der Waals surface area contributed by atoms with E-state index in [1.54, 1.807) is 24.7 Å². The van der Waals surface area contributed by atoms with E-state index in [9.17, 15) is 0 Å². The molecule has 41 heavy (non-hydrogen) atoms. The van der Waals surface area contributed by atoms with Crippen LogP contribution in [0.1, 0.15) is 38.1 Å². The van der Waals surface area contributed by atoms with Crippen LogP contribution in [0.4, 0.5) is 11.6 Å². The molecule has 1 fully saturated rings. The number of nitrogen functional groups attached to an aromatic ring is 1. The molecule has 0 saturated carbocycles. The number of pyridine rings is 2. The quantitative estimate of drug-likeness (QED) is 0.237. The summed E-state index contributed by atoms with van der Waals surface area (Å²) >= 11 is 6.28. The van der Waals surface area contributed by atoms with Gasteiger partial charge in [-0.3, -0.25) is 4.90 Å². The third-order valence-electron chi connectivity index (χ3n) is 7.06. The van der Waals surface area contributed by atoms with E-state index < -0.39 is 0 Å². The molecule has 0 unspecified atom stereocenters. The zero-order chi connectivity index (χ0) is 28.8. The van der Waals surface area contributed by atoms with Gasteiger partial charge in [0.15, 0.2) is 0 Å². The van der Waals surface area contributed by atoms with Crippen molar-refractivity contribution in [3.63, 3.8) is 0 Å². The number of hydrogen-bond acceptors (Lipinski definition) is 8. The van der Waals surface area contributed by atoms with Crippen LogP contribution in [0.2, 0.25) is 5.15 Å². The Morgan fingerprint density at radius 2 is 1.80 bits per heavy atom. The summed E-state index contributed by atoms with van der Waals surface area (Å²) in [6, 6.07) is 20.5. The van der Waals surface area contributed by atoms with Gasteiger partial charge >= 0.3 is 0 Å². The van der Waals surface area contributed by atoms with Crippen molar-refractivity contribution in [3.8, 4) is 23.0 Å². The van der Waals surface area contributed by atoms with Crippen molar-refractivity contribution in [3.05, 3.63) is 89.7 Å². The Labute approximate surface area is 244 Å². The summed E-state index contributed by atoms with van der Waals surface area (Å²) in [6.07, 6.45) is 7.10. The second-order valence-electron chi connectivity index (χ2n) is 9.61. The highest BCUT2D eigenvalue weighted by Crippen LogP contribution is 2.34. The zero-order valence-corrected chi connectivity index (χ0v) is 23.9. The van der Waals surface area contributed by atoms with Crippen LogP contribution in [0.15, 0.2) is 73.2 Å². The fourth-order valence-corrected chi connectivity index (χ4v) is 5.29. The summed E-state index contributed by atoms with van der Waals surface area (Å²) in [7, 11) is 0. The van der Waals surface area contributed by atoms with Crippen LogP contribution in [0.3, 0.4) is 0 Å². The van der Waals surface area contributed by atoms with E-state index in [0.29, 0.717) is 22.8 Å². The maximum Gasteiger partial charge on any atom is 0.234 e. The number of piperidine rings is 1. The number of aromatic nitrogens is 5. The van der Waals surface area contributed by atoms with Gasteiger partial charge in [0.25, 0.3) is 0 Å². The van der Waals surface area contributed by atoms with Crippen molar-refractivity contribution >= 4 is 34.1 Å². The smallest absolute Gasteiger partial charge is 0.234 e. The topological polar surface area (TPSA) is 122 Å². The maximum absolute atomic E-state index is 9.02. The molecule has 0 radical (unpaired) electrons. The summed E-state index contributed by atoms with van der Waals surface area (Å²) in [5.74, 6) is 1.36. The van der Waals surface area contributed by atoms with Gasteiger partial charge < -0.3 is 15.6 Å². The Morgan fingerprint density at radius 3 is 2.54 bits per heavy atom. The molecule has 1 aliphatic rings. The number of halogens is 1. The van der Waals surface area contributed by atoms with Crippen LogP contribution >= 0.6 is 11.6 Å². The number of likely N-dealkylation sites (tertiary alicyclic amines) is 1. The maximum atomic E-state index is 9.02. The standard InChI is InChI=1S/C29H26ClN9.C2H6/c30-26-15-24-20(17-35-26)14-25(23-2-1-10-34-29(23)32)39(24)22-5-3-19(4-6-22)18-38-12-8-21(9-13-38)36-27-7-11-33-28(16-31)37-27;1-2/h1-7,10-11,14-15,17,21H,8-9,12-13,18H2,(H2,32,34)(H,33,36,37);1-2H3. The minimum Gasteiger partial charge on any atom is -0.383 e. The Morgan fingerprint density at radius 1 is 1.02 bits per heavy atom. The number of anilines is 2. The average molecular weight is 566 g/mol. The van der Waals surface area contributed by atoms with E-state index in [1.165, 1.54) is 5.56 Å². The van der Waals surface area contributed by atoms with Crippen molar-refractivity contribution in [2.45, 2.75) is 39.3 Å². The van der Waals surface area contributed by atoms with Crippen LogP contribution in [0, 0.1) is 11.3 Å². The number of nitrogens with zero attached hydrogens (tertiary/aromatic N) is 7. The monoisotopic (exact) mass is 565 g/mol. The molecule has 0 amide bonds. The van der Waals surface area contributed by atoms with Gasteiger partial charge in [0.05, 0.1) is 11.2 Å². The van der Waals surface area contributed by atoms with Gasteiger partial charge in [-0.15, -0.1) is 0 Å². The Balaban J connectivity index is 0.00000165. The van der Waals surface area contributed by atoms with Gasteiger partial charge in [-0.05, 0) is 54.8 Å². The average Bonchev–Trinajstić information content (AvgIpc) is 3.38. The van der Waals surface area contributed by atoms with Gasteiger partial charge in [0, 0.05) is 67.0 Å². The lowest BCUT2D eigenvalue weighted by atomic mass is 10.0. The first kappa shape index (κ1) is 28.0. The predicted octanol–water partition coefficient (Wildman–Crippen LogP) is 6.09. The van der Waals surface area contributed by atoms with E-state index >= 15 is 0 Å². The molecule has 4 aromatic heterocycles. The molecule has 3 N–H and O–H groups in total. The summed E-state index contributed by atoms with van der Waals surface area (Å²) in [5, 5.41) is 13.9. The summed E-state index contributed by atoms with van der Waals surface area (Å²) in [6.45, 7) is 6.84. The third-order valence-corrected chi connectivity index (χ3v) is 7.27. The normalized spacial score (nSPS) is 13.8. The highest BCUT2D eigenvalue weighted by molar-refractivity contribution is 6.30. The molecule has 5 aromatic rings. The second kappa shape index (κ2) is 12.8. The number of nitriles is 1. The lowest BCUT2D eigenvalue weighted by Gasteiger charge is -2.32. The van der Waals surface area contributed by atoms with Crippen LogP contribution in [-0.2, 0) is 6.54 Å². The number of rotatable bonds is 6. The van der Waals surface area contributed by atoms with Crippen LogP contribution in [0.25, 0.3) is 27.8 Å². The van der Waals surface area contributed by atoms with Gasteiger partial charge in [0.1, 0.15) is 22.9 Å². The van der Waals surface area contributed by atoms with E-state index in [1.807, 2.05) is 38.1 Å². The summed E-state index contributed by atoms with van der Waals surface area (Å²) in [5.41, 5.74) is 11.3. The van der Waals surface area contributed by atoms with Crippen LogP contribution in [-0.4, -0.2) is 48.5 Å². The molecule has 1 aromatic carbocycles. The van der Waals surface area contributed by atoms with Crippen molar-refractivity contribution in [1.82, 2.24) is 29.4 Å². The number of fused-ring (bicyclic) bond motifs is 1. The van der Waals surface area contributed by atoms with E-state index in [4.69, 9.17) is 22.6 Å². The molecular formula is C31H32ClN9. The SMILES string of the molecule is CC.N#Cc1nccc(NC2CCN(Cc3ccc(-n4c(-c5cccnc5N)cc5cnc(Cl)cc54)cc3)CC2)n1. The first-order chi connectivity index (χ1) is 20.1. The van der Waals surface area contributed by atoms with E-state index in [2.05, 4.69) is 65.1 Å². The molecule has 5 heterocycles. The molecule has 9 nitrogen and oxygen atoms in total. The van der Waals surface area contributed by atoms with Gasteiger partial charge in [-0.25, -0.2) is 19.9 Å². The molecule has 0 bridgehead atoms. The predicted molar refractivity (Wildman–Crippen MR) is 164 cm³/mol. The molecule has 0 atom stereocenters. The van der Waals surface area contributed by atoms with Gasteiger partial charge in [-0.1, -0.05) is 37.6 Å². The Bertz CT molecular complexity index is 1670. The molecular weight excluding hydrogens is 534 g/mol. The molecule has 0 aliphatic carbocycles. The van der Waals surface area contributed by atoms with E-state index in [-0.39, 0.29) is 5.82 Å². The van der Waals surface area contributed by atoms with Gasteiger partial charge in [-0.2, -0.15) is 5.26 Å². The Hall–Kier alpha value is -4.52. The van der Waals surface area contributed by atoms with Crippen LogP contribution < -0.4 is 11.1 Å². The molecule has 6 rings (SSSR count). The van der Waals surface area contributed by atoms with Crippen molar-refractivity contribution in [1.29, 1.82) is 5.26 Å². The van der Waals surface area contributed by atoms with Crippen molar-refractivity contribution in [2.24, 2.45) is 0 Å². The molecule has 208 valence electrons. The lowest BCUT2D eigenvalue weighted by Crippen LogP contribution is -2.38. The molecule has 10 heteroatoms. The van der Waals surface area contributed by atoms with Gasteiger partial charge in [0.2, 0.25) is 5.82 Å². The fourth-order valence-electron chi connectivity index (χ4n) is 5.13. The highest BCUT2D eigenvalue weighted by atomic mass is 35.5. The third kappa shape index (κ3) is 6.30. The minimum atomic E-state index is 0.185. The Kier molecular flexibility index (Phi) is 8.73. The highest BCUT2D eigenvalue weighted by Gasteiger charge is 2.20.